The summed E-state index contributed by atoms with van der Waals surface area (Å²) in [5.74, 6) is 0. The third-order valence-electron chi connectivity index (χ3n) is 4.11. The minimum atomic E-state index is 0.776. The second-order valence-electron chi connectivity index (χ2n) is 5.38. The van der Waals surface area contributed by atoms with Gasteiger partial charge in [-0.1, -0.05) is 6.42 Å². The topological polar surface area (TPSA) is 18.5 Å². The number of nitrogens with one attached hydrogen (secondary N) is 1. The zero-order valence-electron chi connectivity index (χ0n) is 10.7. The van der Waals surface area contributed by atoms with Crippen molar-refractivity contribution in [3.05, 3.63) is 0 Å². The monoisotopic (exact) mass is 225 g/mol. The highest BCUT2D eigenvalue weighted by Gasteiger charge is 2.18. The number of hydrogen-bond donors (Lipinski definition) is 1. The molecule has 3 heteroatoms. The van der Waals surface area contributed by atoms with Gasteiger partial charge in [0.15, 0.2) is 0 Å². The second kappa shape index (κ2) is 6.58. The van der Waals surface area contributed by atoms with Crippen LogP contribution < -0.4 is 5.32 Å². The molecule has 94 valence electrons. The molecule has 16 heavy (non-hydrogen) atoms. The Hall–Kier alpha value is -0.120. The standard InChI is InChI=1S/C13H27N3/c1-15(13-6-5-7-14-12-13)10-11-16-8-3-2-4-9-16/h13-14H,2-12H2,1H3. The summed E-state index contributed by atoms with van der Waals surface area (Å²) in [4.78, 5) is 5.19. The van der Waals surface area contributed by atoms with E-state index in [4.69, 9.17) is 0 Å². The minimum Gasteiger partial charge on any atom is -0.315 e. The van der Waals surface area contributed by atoms with Gasteiger partial charge in [0, 0.05) is 25.7 Å². The van der Waals surface area contributed by atoms with Gasteiger partial charge in [-0.05, 0) is 52.4 Å². The van der Waals surface area contributed by atoms with Gasteiger partial charge in [0.05, 0.1) is 0 Å². The minimum absolute atomic E-state index is 0.776. The van der Waals surface area contributed by atoms with Gasteiger partial charge in [-0.25, -0.2) is 0 Å². The van der Waals surface area contributed by atoms with Gasteiger partial charge < -0.3 is 15.1 Å². The summed E-state index contributed by atoms with van der Waals surface area (Å²) in [6, 6.07) is 0.776. The molecule has 0 aromatic heterocycles. The Kier molecular flexibility index (Phi) is 5.07. The summed E-state index contributed by atoms with van der Waals surface area (Å²) in [5, 5.41) is 3.50. The number of hydrogen-bond acceptors (Lipinski definition) is 3. The van der Waals surface area contributed by atoms with Crippen LogP contribution in [0.15, 0.2) is 0 Å². The zero-order valence-corrected chi connectivity index (χ0v) is 10.7. The lowest BCUT2D eigenvalue weighted by molar-refractivity contribution is 0.155. The van der Waals surface area contributed by atoms with Gasteiger partial charge in [0.25, 0.3) is 0 Å². The molecule has 0 radical (unpaired) electrons. The Balaban J connectivity index is 1.63. The Labute approximate surface area is 100 Å². The van der Waals surface area contributed by atoms with E-state index in [2.05, 4.69) is 22.2 Å². The van der Waals surface area contributed by atoms with Crippen molar-refractivity contribution in [3.63, 3.8) is 0 Å². The maximum Gasteiger partial charge on any atom is 0.0218 e. The van der Waals surface area contributed by atoms with Gasteiger partial charge in [-0.15, -0.1) is 0 Å². The van der Waals surface area contributed by atoms with Crippen molar-refractivity contribution in [2.45, 2.75) is 38.1 Å². The van der Waals surface area contributed by atoms with Crippen molar-refractivity contribution in [2.24, 2.45) is 0 Å². The highest BCUT2D eigenvalue weighted by Crippen LogP contribution is 2.10. The number of rotatable bonds is 4. The van der Waals surface area contributed by atoms with Gasteiger partial charge in [-0.2, -0.15) is 0 Å². The molecule has 0 spiro atoms. The van der Waals surface area contributed by atoms with Crippen LogP contribution >= 0.6 is 0 Å². The van der Waals surface area contributed by atoms with Crippen molar-refractivity contribution in [3.8, 4) is 0 Å². The van der Waals surface area contributed by atoms with Crippen LogP contribution in [0.25, 0.3) is 0 Å². The second-order valence-corrected chi connectivity index (χ2v) is 5.38. The van der Waals surface area contributed by atoms with E-state index in [9.17, 15) is 0 Å². The van der Waals surface area contributed by atoms with Crippen LogP contribution in [0.4, 0.5) is 0 Å². The van der Waals surface area contributed by atoms with E-state index in [1.165, 1.54) is 71.4 Å². The normalized spacial score (nSPS) is 28.5. The fraction of sp³-hybridized carbons (Fsp3) is 1.00. The molecule has 1 N–H and O–H groups in total. The van der Waals surface area contributed by atoms with Gasteiger partial charge >= 0.3 is 0 Å². The average Bonchev–Trinajstić information content (AvgIpc) is 2.38. The molecule has 0 aromatic carbocycles. The summed E-state index contributed by atoms with van der Waals surface area (Å²) in [5.41, 5.74) is 0. The molecule has 2 rings (SSSR count). The van der Waals surface area contributed by atoms with Crippen molar-refractivity contribution in [1.82, 2.24) is 15.1 Å². The number of nitrogens with zero attached hydrogens (tertiary/aromatic N) is 2. The Morgan fingerprint density at radius 2 is 2.00 bits per heavy atom. The Morgan fingerprint density at radius 1 is 1.19 bits per heavy atom. The first-order valence-corrected chi connectivity index (χ1v) is 6.99. The van der Waals surface area contributed by atoms with Gasteiger partial charge in [-0.3, -0.25) is 0 Å². The van der Waals surface area contributed by atoms with Crippen LogP contribution in [0.1, 0.15) is 32.1 Å². The predicted octanol–water partition coefficient (Wildman–Crippen LogP) is 1.16. The van der Waals surface area contributed by atoms with Gasteiger partial charge in [0.1, 0.15) is 0 Å². The van der Waals surface area contributed by atoms with Crippen LogP contribution in [0.3, 0.4) is 0 Å². The van der Waals surface area contributed by atoms with Crippen LogP contribution in [-0.2, 0) is 0 Å². The van der Waals surface area contributed by atoms with Crippen LogP contribution in [0.5, 0.6) is 0 Å². The van der Waals surface area contributed by atoms with E-state index < -0.39 is 0 Å². The molecule has 1 atom stereocenters. The summed E-state index contributed by atoms with van der Waals surface area (Å²) in [7, 11) is 2.29. The molecule has 2 aliphatic rings. The number of likely N-dealkylation sites (N-methyl/N-ethyl adjacent to an activating group) is 1. The Bertz CT molecular complexity index is 184. The van der Waals surface area contributed by atoms with Crippen LogP contribution in [0.2, 0.25) is 0 Å². The molecule has 3 nitrogen and oxygen atoms in total. The fourth-order valence-electron chi connectivity index (χ4n) is 2.87. The Morgan fingerprint density at radius 3 is 2.69 bits per heavy atom. The molecule has 2 fully saturated rings. The molecule has 0 bridgehead atoms. The highest BCUT2D eigenvalue weighted by molar-refractivity contribution is 4.77. The van der Waals surface area contributed by atoms with E-state index in [1.807, 2.05) is 0 Å². The maximum atomic E-state index is 3.50. The first-order chi connectivity index (χ1) is 7.86. The third-order valence-corrected chi connectivity index (χ3v) is 4.11. The van der Waals surface area contributed by atoms with Gasteiger partial charge in [0.2, 0.25) is 0 Å². The van der Waals surface area contributed by atoms with Crippen molar-refractivity contribution < 1.29 is 0 Å². The smallest absolute Gasteiger partial charge is 0.0218 e. The molecular weight excluding hydrogens is 198 g/mol. The molecule has 0 aliphatic carbocycles. The fourth-order valence-corrected chi connectivity index (χ4v) is 2.87. The van der Waals surface area contributed by atoms with Crippen molar-refractivity contribution in [1.29, 1.82) is 0 Å². The number of likely N-dealkylation sites (tertiary alicyclic amines) is 1. The molecule has 1 unspecified atom stereocenters. The highest BCUT2D eigenvalue weighted by atomic mass is 15.2. The van der Waals surface area contributed by atoms with Crippen molar-refractivity contribution in [2.75, 3.05) is 46.3 Å². The average molecular weight is 225 g/mol. The molecule has 0 aromatic rings. The predicted molar refractivity (Wildman–Crippen MR) is 68.8 cm³/mol. The third kappa shape index (κ3) is 3.72. The molecule has 2 aliphatic heterocycles. The molecule has 2 heterocycles. The van der Waals surface area contributed by atoms with E-state index in [0.29, 0.717) is 0 Å². The lowest BCUT2D eigenvalue weighted by Gasteiger charge is -2.34. The van der Waals surface area contributed by atoms with E-state index in [0.717, 1.165) is 6.04 Å². The SMILES string of the molecule is CN(CCN1CCCCC1)C1CCCNC1. The van der Waals surface area contributed by atoms with Crippen molar-refractivity contribution >= 4 is 0 Å². The van der Waals surface area contributed by atoms with E-state index in [1.54, 1.807) is 0 Å². The first-order valence-electron chi connectivity index (χ1n) is 6.99. The van der Waals surface area contributed by atoms with E-state index >= 15 is 0 Å². The first kappa shape index (κ1) is 12.3. The molecular formula is C13H27N3. The zero-order chi connectivity index (χ0) is 11.2. The summed E-state index contributed by atoms with van der Waals surface area (Å²) in [6.07, 6.45) is 6.99. The summed E-state index contributed by atoms with van der Waals surface area (Å²) >= 11 is 0. The quantitative estimate of drug-likeness (QED) is 0.774. The van der Waals surface area contributed by atoms with Crippen LogP contribution in [0, 0.1) is 0 Å². The molecule has 0 amide bonds. The largest absolute Gasteiger partial charge is 0.315 e. The molecule has 0 saturated carbocycles. The lowest BCUT2D eigenvalue weighted by atomic mass is 10.1. The molecule has 2 saturated heterocycles. The summed E-state index contributed by atoms with van der Waals surface area (Å²) < 4.78 is 0. The maximum absolute atomic E-state index is 3.50. The van der Waals surface area contributed by atoms with Crippen LogP contribution in [-0.4, -0.2) is 62.2 Å². The lowest BCUT2D eigenvalue weighted by Crippen LogP contribution is -2.47. The summed E-state index contributed by atoms with van der Waals surface area (Å²) in [6.45, 7) is 7.58. The van der Waals surface area contributed by atoms with E-state index in [-0.39, 0.29) is 0 Å². The number of piperidine rings is 2.